The standard InChI is InChI=1S/C13H18BrNO2S/c1-10-5-3-6-11(2)15(10)18(16,17)13-8-4-7-12(14)9-13/h4,7-11H,3,5-6H2,1-2H3. The molecular weight excluding hydrogens is 314 g/mol. The van der Waals surface area contributed by atoms with E-state index in [1.165, 1.54) is 0 Å². The fourth-order valence-electron chi connectivity index (χ4n) is 2.62. The fourth-order valence-corrected chi connectivity index (χ4v) is 5.10. The second-order valence-electron chi connectivity index (χ2n) is 4.92. The molecule has 0 aliphatic carbocycles. The lowest BCUT2D eigenvalue weighted by Gasteiger charge is -2.37. The Morgan fingerprint density at radius 3 is 2.39 bits per heavy atom. The second-order valence-corrected chi connectivity index (χ2v) is 7.68. The molecule has 0 spiro atoms. The minimum atomic E-state index is -3.38. The number of hydrogen-bond acceptors (Lipinski definition) is 2. The first-order valence-electron chi connectivity index (χ1n) is 6.22. The number of sulfonamides is 1. The third-order valence-electron chi connectivity index (χ3n) is 3.48. The Morgan fingerprint density at radius 2 is 1.83 bits per heavy atom. The monoisotopic (exact) mass is 331 g/mol. The number of nitrogens with zero attached hydrogens (tertiary/aromatic N) is 1. The van der Waals surface area contributed by atoms with Gasteiger partial charge in [0.05, 0.1) is 4.90 Å². The number of rotatable bonds is 2. The molecule has 100 valence electrons. The van der Waals surface area contributed by atoms with E-state index >= 15 is 0 Å². The summed E-state index contributed by atoms with van der Waals surface area (Å²) in [5.74, 6) is 0. The zero-order valence-corrected chi connectivity index (χ0v) is 13.0. The molecular formula is C13H18BrNO2S. The van der Waals surface area contributed by atoms with Crippen molar-refractivity contribution in [1.82, 2.24) is 4.31 Å². The van der Waals surface area contributed by atoms with E-state index in [0.717, 1.165) is 23.7 Å². The molecule has 1 aliphatic rings. The Morgan fingerprint density at radius 1 is 1.22 bits per heavy atom. The smallest absolute Gasteiger partial charge is 0.207 e. The quantitative estimate of drug-likeness (QED) is 0.832. The van der Waals surface area contributed by atoms with Crippen molar-refractivity contribution < 1.29 is 8.42 Å². The Labute approximate surface area is 117 Å². The molecule has 0 radical (unpaired) electrons. The van der Waals surface area contributed by atoms with E-state index in [4.69, 9.17) is 0 Å². The molecule has 2 unspecified atom stereocenters. The van der Waals surface area contributed by atoms with E-state index < -0.39 is 10.0 Å². The molecule has 3 nitrogen and oxygen atoms in total. The van der Waals surface area contributed by atoms with Crippen LogP contribution >= 0.6 is 15.9 Å². The van der Waals surface area contributed by atoms with E-state index in [-0.39, 0.29) is 12.1 Å². The molecule has 1 heterocycles. The van der Waals surface area contributed by atoms with Gasteiger partial charge in [-0.05, 0) is 44.9 Å². The van der Waals surface area contributed by atoms with Crippen LogP contribution in [-0.2, 0) is 10.0 Å². The van der Waals surface area contributed by atoms with Crippen LogP contribution in [0.15, 0.2) is 33.6 Å². The van der Waals surface area contributed by atoms with E-state index in [0.29, 0.717) is 4.90 Å². The maximum absolute atomic E-state index is 12.7. The van der Waals surface area contributed by atoms with E-state index in [2.05, 4.69) is 15.9 Å². The largest absolute Gasteiger partial charge is 0.243 e. The lowest BCUT2D eigenvalue weighted by Crippen LogP contribution is -2.47. The van der Waals surface area contributed by atoms with Crippen molar-refractivity contribution in [2.24, 2.45) is 0 Å². The van der Waals surface area contributed by atoms with Crippen LogP contribution in [0.3, 0.4) is 0 Å². The normalized spacial score (nSPS) is 26.2. The van der Waals surface area contributed by atoms with Gasteiger partial charge in [-0.1, -0.05) is 28.4 Å². The Bertz CT molecular complexity index is 520. The molecule has 2 rings (SSSR count). The number of halogens is 1. The zero-order valence-electron chi connectivity index (χ0n) is 10.6. The van der Waals surface area contributed by atoms with Crippen molar-refractivity contribution >= 4 is 26.0 Å². The molecule has 0 aromatic heterocycles. The van der Waals surface area contributed by atoms with Crippen molar-refractivity contribution in [3.63, 3.8) is 0 Å². The van der Waals surface area contributed by atoms with Gasteiger partial charge in [0.2, 0.25) is 10.0 Å². The molecule has 1 saturated heterocycles. The third-order valence-corrected chi connectivity index (χ3v) is 6.10. The predicted molar refractivity (Wildman–Crippen MR) is 75.9 cm³/mol. The summed E-state index contributed by atoms with van der Waals surface area (Å²) >= 11 is 3.33. The van der Waals surface area contributed by atoms with Gasteiger partial charge in [-0.15, -0.1) is 0 Å². The van der Waals surface area contributed by atoms with Crippen LogP contribution in [-0.4, -0.2) is 24.8 Å². The van der Waals surface area contributed by atoms with Crippen molar-refractivity contribution in [1.29, 1.82) is 0 Å². The summed E-state index contributed by atoms with van der Waals surface area (Å²) in [6, 6.07) is 7.09. The number of hydrogen-bond donors (Lipinski definition) is 0. The van der Waals surface area contributed by atoms with Crippen molar-refractivity contribution in [3.05, 3.63) is 28.7 Å². The van der Waals surface area contributed by atoms with Crippen LogP contribution in [0.5, 0.6) is 0 Å². The third kappa shape index (κ3) is 2.63. The molecule has 1 aromatic rings. The van der Waals surface area contributed by atoms with Gasteiger partial charge in [0.15, 0.2) is 0 Å². The van der Waals surface area contributed by atoms with Crippen LogP contribution in [0.4, 0.5) is 0 Å². The summed E-state index contributed by atoms with van der Waals surface area (Å²) in [5, 5.41) is 0. The number of benzene rings is 1. The van der Waals surface area contributed by atoms with Crippen molar-refractivity contribution in [2.45, 2.75) is 50.1 Å². The average molecular weight is 332 g/mol. The maximum Gasteiger partial charge on any atom is 0.243 e. The Hall–Kier alpha value is -0.390. The van der Waals surface area contributed by atoms with Gasteiger partial charge in [0.1, 0.15) is 0 Å². The average Bonchev–Trinajstić information content (AvgIpc) is 2.28. The highest BCUT2D eigenvalue weighted by atomic mass is 79.9. The molecule has 0 N–H and O–H groups in total. The van der Waals surface area contributed by atoms with Gasteiger partial charge in [0, 0.05) is 16.6 Å². The highest BCUT2D eigenvalue weighted by Gasteiger charge is 2.35. The van der Waals surface area contributed by atoms with Gasteiger partial charge in [0.25, 0.3) is 0 Å². The molecule has 5 heteroatoms. The van der Waals surface area contributed by atoms with Crippen LogP contribution < -0.4 is 0 Å². The van der Waals surface area contributed by atoms with Crippen LogP contribution in [0.1, 0.15) is 33.1 Å². The minimum absolute atomic E-state index is 0.0812. The molecule has 2 atom stereocenters. The summed E-state index contributed by atoms with van der Waals surface area (Å²) < 4.78 is 27.8. The summed E-state index contributed by atoms with van der Waals surface area (Å²) in [4.78, 5) is 0.373. The van der Waals surface area contributed by atoms with Crippen molar-refractivity contribution in [3.8, 4) is 0 Å². The molecule has 0 bridgehead atoms. The first-order valence-corrected chi connectivity index (χ1v) is 8.45. The van der Waals surface area contributed by atoms with E-state index in [9.17, 15) is 8.42 Å². The van der Waals surface area contributed by atoms with Crippen molar-refractivity contribution in [2.75, 3.05) is 0 Å². The molecule has 0 saturated carbocycles. The minimum Gasteiger partial charge on any atom is -0.207 e. The number of piperidine rings is 1. The predicted octanol–water partition coefficient (Wildman–Crippen LogP) is 3.40. The summed E-state index contributed by atoms with van der Waals surface area (Å²) in [5.41, 5.74) is 0. The van der Waals surface area contributed by atoms with Crippen LogP contribution in [0.25, 0.3) is 0 Å². The topological polar surface area (TPSA) is 37.4 Å². The van der Waals surface area contributed by atoms with Gasteiger partial charge >= 0.3 is 0 Å². The van der Waals surface area contributed by atoms with Gasteiger partial charge in [-0.2, -0.15) is 4.31 Å². The van der Waals surface area contributed by atoms with Gasteiger partial charge in [-0.3, -0.25) is 0 Å². The summed E-state index contributed by atoms with van der Waals surface area (Å²) in [7, 11) is -3.38. The lowest BCUT2D eigenvalue weighted by molar-refractivity contribution is 0.204. The SMILES string of the molecule is CC1CCCC(C)N1S(=O)(=O)c1cccc(Br)c1. The molecule has 18 heavy (non-hydrogen) atoms. The summed E-state index contributed by atoms with van der Waals surface area (Å²) in [6.07, 6.45) is 2.99. The van der Waals surface area contributed by atoms with E-state index in [1.807, 2.05) is 19.9 Å². The molecule has 1 aliphatic heterocycles. The van der Waals surface area contributed by atoms with Crippen LogP contribution in [0.2, 0.25) is 0 Å². The molecule has 0 amide bonds. The summed E-state index contributed by atoms with van der Waals surface area (Å²) in [6.45, 7) is 3.98. The second kappa shape index (κ2) is 5.31. The maximum atomic E-state index is 12.7. The lowest BCUT2D eigenvalue weighted by atomic mass is 10.0. The fraction of sp³-hybridized carbons (Fsp3) is 0.538. The van der Waals surface area contributed by atoms with E-state index in [1.54, 1.807) is 22.5 Å². The van der Waals surface area contributed by atoms with Crippen LogP contribution in [0, 0.1) is 0 Å². The van der Waals surface area contributed by atoms with Gasteiger partial charge < -0.3 is 0 Å². The Kier molecular flexibility index (Phi) is 4.14. The molecule has 1 fully saturated rings. The van der Waals surface area contributed by atoms with Gasteiger partial charge in [-0.25, -0.2) is 8.42 Å². The molecule has 1 aromatic carbocycles. The Balaban J connectivity index is 2.41. The first-order chi connectivity index (χ1) is 8.43. The highest BCUT2D eigenvalue weighted by Crippen LogP contribution is 2.30. The zero-order chi connectivity index (χ0) is 13.3. The first kappa shape index (κ1) is 14.0. The highest BCUT2D eigenvalue weighted by molar-refractivity contribution is 9.10.